The Morgan fingerprint density at radius 1 is 1.20 bits per heavy atom. The number of benzene rings is 1. The second-order valence-electron chi connectivity index (χ2n) is 7.48. The van der Waals surface area contributed by atoms with Crippen molar-refractivity contribution in [3.63, 3.8) is 0 Å². The number of esters is 1. The largest absolute Gasteiger partial charge is 0.496 e. The van der Waals surface area contributed by atoms with E-state index in [0.29, 0.717) is 43.9 Å². The molecule has 0 spiro atoms. The normalized spacial score (nSPS) is 15.8. The summed E-state index contributed by atoms with van der Waals surface area (Å²) in [4.78, 5) is 26.7. The molecule has 5 heteroatoms. The molecule has 1 heterocycles. The highest BCUT2D eigenvalue weighted by atomic mass is 16.5. The fourth-order valence-corrected chi connectivity index (χ4v) is 3.09. The Kier molecular flexibility index (Phi) is 6.09. The van der Waals surface area contributed by atoms with Crippen LogP contribution in [-0.4, -0.2) is 43.6 Å². The maximum absolute atomic E-state index is 13.0. The average Bonchev–Trinajstić information content (AvgIpc) is 2.60. The minimum absolute atomic E-state index is 0.0368. The van der Waals surface area contributed by atoms with Crippen molar-refractivity contribution in [3.05, 3.63) is 29.3 Å². The predicted octanol–water partition coefficient (Wildman–Crippen LogP) is 3.41. The number of nitrogens with zero attached hydrogens (tertiary/aromatic N) is 1. The Labute approximate surface area is 150 Å². The Bertz CT molecular complexity index is 625. The van der Waals surface area contributed by atoms with Gasteiger partial charge in [-0.25, -0.2) is 0 Å². The number of rotatable bonds is 4. The highest BCUT2D eigenvalue weighted by Crippen LogP contribution is 2.30. The minimum atomic E-state index is -0.151. The number of piperidine rings is 1. The van der Waals surface area contributed by atoms with Crippen LogP contribution in [0.15, 0.2) is 18.2 Å². The van der Waals surface area contributed by atoms with Gasteiger partial charge >= 0.3 is 5.97 Å². The first kappa shape index (κ1) is 19.3. The summed E-state index contributed by atoms with van der Waals surface area (Å²) in [6.07, 6.45) is 1.29. The topological polar surface area (TPSA) is 55.8 Å². The van der Waals surface area contributed by atoms with E-state index in [-0.39, 0.29) is 23.2 Å². The lowest BCUT2D eigenvalue weighted by molar-refractivity contribution is -0.149. The monoisotopic (exact) mass is 347 g/mol. The first-order valence-electron chi connectivity index (χ1n) is 8.92. The van der Waals surface area contributed by atoms with E-state index >= 15 is 0 Å². The molecule has 0 radical (unpaired) electrons. The number of amides is 1. The number of hydrogen-bond donors (Lipinski definition) is 0. The fourth-order valence-electron chi connectivity index (χ4n) is 3.09. The third kappa shape index (κ3) is 4.53. The standard InChI is InChI=1S/C20H29NO4/c1-6-25-19(23)14-9-11-21(12-10-14)18(22)16-13-15(20(2,3)4)7-8-17(16)24-5/h7-8,13-14H,6,9-12H2,1-5H3. The molecule has 0 unspecified atom stereocenters. The summed E-state index contributed by atoms with van der Waals surface area (Å²) >= 11 is 0. The van der Waals surface area contributed by atoms with Gasteiger partial charge in [0.25, 0.3) is 5.91 Å². The van der Waals surface area contributed by atoms with Crippen molar-refractivity contribution < 1.29 is 19.1 Å². The molecule has 0 saturated carbocycles. The van der Waals surface area contributed by atoms with Gasteiger partial charge in [-0.15, -0.1) is 0 Å². The van der Waals surface area contributed by atoms with Crippen LogP contribution in [0.1, 0.15) is 56.5 Å². The molecule has 0 N–H and O–H groups in total. The van der Waals surface area contributed by atoms with Gasteiger partial charge in [-0.1, -0.05) is 26.8 Å². The summed E-state index contributed by atoms with van der Waals surface area (Å²) in [5, 5.41) is 0. The lowest BCUT2D eigenvalue weighted by Crippen LogP contribution is -2.40. The number of carbonyl (C=O) groups excluding carboxylic acids is 2. The quantitative estimate of drug-likeness (QED) is 0.783. The molecule has 0 aromatic heterocycles. The second kappa shape index (κ2) is 7.89. The number of methoxy groups -OCH3 is 1. The van der Waals surface area contributed by atoms with E-state index in [0.717, 1.165) is 5.56 Å². The van der Waals surface area contributed by atoms with Gasteiger partial charge in [-0.2, -0.15) is 0 Å². The van der Waals surface area contributed by atoms with E-state index in [2.05, 4.69) is 20.8 Å². The molecular weight excluding hydrogens is 318 g/mol. The molecule has 1 fully saturated rings. The van der Waals surface area contributed by atoms with Crippen LogP contribution in [0.2, 0.25) is 0 Å². The molecule has 1 saturated heterocycles. The molecule has 0 aliphatic carbocycles. The Balaban J connectivity index is 2.14. The van der Waals surface area contributed by atoms with Gasteiger partial charge < -0.3 is 14.4 Å². The van der Waals surface area contributed by atoms with E-state index in [4.69, 9.17) is 9.47 Å². The Morgan fingerprint density at radius 2 is 1.84 bits per heavy atom. The smallest absolute Gasteiger partial charge is 0.309 e. The lowest BCUT2D eigenvalue weighted by atomic mass is 9.85. The first-order chi connectivity index (χ1) is 11.8. The maximum atomic E-state index is 13.0. The van der Waals surface area contributed by atoms with Gasteiger partial charge in [-0.3, -0.25) is 9.59 Å². The van der Waals surface area contributed by atoms with Gasteiger partial charge in [0, 0.05) is 13.1 Å². The van der Waals surface area contributed by atoms with Crippen molar-refractivity contribution >= 4 is 11.9 Å². The molecule has 1 aliphatic rings. The van der Waals surface area contributed by atoms with Crippen LogP contribution in [0.25, 0.3) is 0 Å². The molecule has 1 aromatic carbocycles. The molecule has 0 atom stereocenters. The second-order valence-corrected chi connectivity index (χ2v) is 7.48. The van der Waals surface area contributed by atoms with Crippen LogP contribution in [0.3, 0.4) is 0 Å². The van der Waals surface area contributed by atoms with Crippen molar-refractivity contribution in [1.82, 2.24) is 4.90 Å². The third-order valence-electron chi connectivity index (χ3n) is 4.70. The third-order valence-corrected chi connectivity index (χ3v) is 4.70. The van der Waals surface area contributed by atoms with Gasteiger partial charge in [0.1, 0.15) is 5.75 Å². The van der Waals surface area contributed by atoms with E-state index in [1.54, 1.807) is 12.0 Å². The van der Waals surface area contributed by atoms with Gasteiger partial charge in [0.05, 0.1) is 25.2 Å². The zero-order valence-corrected chi connectivity index (χ0v) is 15.9. The maximum Gasteiger partial charge on any atom is 0.309 e. The highest BCUT2D eigenvalue weighted by molar-refractivity contribution is 5.97. The highest BCUT2D eigenvalue weighted by Gasteiger charge is 2.30. The zero-order valence-electron chi connectivity index (χ0n) is 15.9. The molecule has 1 aromatic rings. The van der Waals surface area contributed by atoms with E-state index in [1.807, 2.05) is 25.1 Å². The number of hydrogen-bond acceptors (Lipinski definition) is 4. The first-order valence-corrected chi connectivity index (χ1v) is 8.92. The summed E-state index contributed by atoms with van der Waals surface area (Å²) < 4.78 is 10.5. The summed E-state index contributed by atoms with van der Waals surface area (Å²) in [7, 11) is 1.58. The number of likely N-dealkylation sites (tertiary alicyclic amines) is 1. The zero-order chi connectivity index (χ0) is 18.6. The molecule has 1 amide bonds. The predicted molar refractivity (Wildman–Crippen MR) is 97.0 cm³/mol. The van der Waals surface area contributed by atoms with Crippen LogP contribution in [-0.2, 0) is 14.9 Å². The lowest BCUT2D eigenvalue weighted by Gasteiger charge is -2.31. The summed E-state index contributed by atoms with van der Waals surface area (Å²) in [6, 6.07) is 5.79. The molecule has 0 bridgehead atoms. The van der Waals surface area contributed by atoms with Gasteiger partial charge in [0.2, 0.25) is 0 Å². The van der Waals surface area contributed by atoms with Crippen LogP contribution < -0.4 is 4.74 Å². The van der Waals surface area contributed by atoms with Crippen molar-refractivity contribution in [1.29, 1.82) is 0 Å². The molecule has 25 heavy (non-hydrogen) atoms. The molecule has 1 aliphatic heterocycles. The van der Waals surface area contributed by atoms with E-state index < -0.39 is 0 Å². The van der Waals surface area contributed by atoms with Crippen LogP contribution in [0, 0.1) is 5.92 Å². The Morgan fingerprint density at radius 3 is 2.36 bits per heavy atom. The molecule has 138 valence electrons. The van der Waals surface area contributed by atoms with E-state index in [9.17, 15) is 9.59 Å². The van der Waals surface area contributed by atoms with Crippen molar-refractivity contribution in [2.24, 2.45) is 5.92 Å². The molecule has 5 nitrogen and oxygen atoms in total. The SMILES string of the molecule is CCOC(=O)C1CCN(C(=O)c2cc(C(C)(C)C)ccc2OC)CC1. The molecule has 2 rings (SSSR count). The summed E-state index contributed by atoms with van der Waals surface area (Å²) in [6.45, 7) is 9.69. The van der Waals surface area contributed by atoms with Crippen molar-refractivity contribution in [2.45, 2.75) is 46.0 Å². The Hall–Kier alpha value is -2.04. The average molecular weight is 347 g/mol. The summed E-state index contributed by atoms with van der Waals surface area (Å²) in [5.74, 6) is 0.296. The fraction of sp³-hybridized carbons (Fsp3) is 0.600. The van der Waals surface area contributed by atoms with Gasteiger partial charge in [-0.05, 0) is 42.9 Å². The van der Waals surface area contributed by atoms with Crippen molar-refractivity contribution in [3.8, 4) is 5.75 Å². The van der Waals surface area contributed by atoms with Gasteiger partial charge in [0.15, 0.2) is 0 Å². The summed E-state index contributed by atoms with van der Waals surface area (Å²) in [5.41, 5.74) is 1.64. The number of carbonyl (C=O) groups is 2. The minimum Gasteiger partial charge on any atom is -0.496 e. The molecular formula is C20H29NO4. The van der Waals surface area contributed by atoms with Crippen LogP contribution >= 0.6 is 0 Å². The van der Waals surface area contributed by atoms with Crippen LogP contribution in [0.5, 0.6) is 5.75 Å². The van der Waals surface area contributed by atoms with Crippen molar-refractivity contribution in [2.75, 3.05) is 26.8 Å². The van der Waals surface area contributed by atoms with E-state index in [1.165, 1.54) is 0 Å². The van der Waals surface area contributed by atoms with Crippen LogP contribution in [0.4, 0.5) is 0 Å². The number of ether oxygens (including phenoxy) is 2.